The molecular weight excluding hydrogens is 460 g/mol. The highest BCUT2D eigenvalue weighted by atomic mass is 32.2. The lowest BCUT2D eigenvalue weighted by molar-refractivity contribution is -0.133. The van der Waals surface area contributed by atoms with E-state index in [1.165, 1.54) is 48.7 Å². The molecule has 4 rings (SSSR count). The molecule has 0 radical (unpaired) electrons. The minimum absolute atomic E-state index is 0.0615. The Morgan fingerprint density at radius 2 is 1.82 bits per heavy atom. The fraction of sp³-hybridized carbons (Fsp3) is 0.174. The van der Waals surface area contributed by atoms with Crippen LogP contribution in [0.4, 0.5) is 5.69 Å². The summed E-state index contributed by atoms with van der Waals surface area (Å²) >= 11 is 0. The lowest BCUT2D eigenvalue weighted by atomic mass is 10.1. The van der Waals surface area contributed by atoms with Crippen molar-refractivity contribution in [1.29, 1.82) is 0 Å². The van der Waals surface area contributed by atoms with E-state index in [1.807, 2.05) is 0 Å². The lowest BCUT2D eigenvalue weighted by Crippen LogP contribution is -2.53. The largest absolute Gasteiger partial charge is 0.497 e. The van der Waals surface area contributed by atoms with Crippen LogP contribution in [0.1, 0.15) is 15.9 Å². The van der Waals surface area contributed by atoms with Crippen molar-refractivity contribution >= 4 is 27.5 Å². The molecule has 0 bridgehead atoms. The van der Waals surface area contributed by atoms with Crippen molar-refractivity contribution in [2.45, 2.75) is 17.5 Å². The lowest BCUT2D eigenvalue weighted by Gasteiger charge is -2.29. The Bertz CT molecular complexity index is 1300. The summed E-state index contributed by atoms with van der Waals surface area (Å²) in [6.07, 6.45) is 2.92. The molecule has 0 fully saturated rings. The number of benzene rings is 2. The number of rotatable bonds is 5. The van der Waals surface area contributed by atoms with Crippen molar-refractivity contribution in [2.75, 3.05) is 18.6 Å². The quantitative estimate of drug-likeness (QED) is 0.419. The monoisotopic (exact) mass is 482 g/mol. The molecular formula is C23H22N4O6S. The number of amides is 2. The first-order valence-corrected chi connectivity index (χ1v) is 11.7. The van der Waals surface area contributed by atoms with Crippen molar-refractivity contribution in [3.8, 4) is 5.75 Å². The molecule has 3 aromatic rings. The smallest absolute Gasteiger partial charge is 0.263 e. The normalized spacial score (nSPS) is 16.3. The van der Waals surface area contributed by atoms with Gasteiger partial charge in [0, 0.05) is 24.6 Å². The summed E-state index contributed by atoms with van der Waals surface area (Å²) in [6.45, 7) is -0.522. The first-order valence-electron chi connectivity index (χ1n) is 10.3. The second kappa shape index (κ2) is 9.59. The van der Waals surface area contributed by atoms with Gasteiger partial charge in [0.2, 0.25) is 10.0 Å². The highest BCUT2D eigenvalue weighted by Gasteiger charge is 2.41. The Kier molecular flexibility index (Phi) is 6.59. The number of pyridine rings is 1. The Labute approximate surface area is 196 Å². The van der Waals surface area contributed by atoms with E-state index in [0.717, 1.165) is 4.31 Å². The van der Waals surface area contributed by atoms with E-state index in [0.29, 0.717) is 17.0 Å². The summed E-state index contributed by atoms with van der Waals surface area (Å²) in [5.74, 6) is -0.952. The van der Waals surface area contributed by atoms with Gasteiger partial charge in [0.25, 0.3) is 11.8 Å². The van der Waals surface area contributed by atoms with E-state index in [2.05, 4.69) is 4.98 Å². The second-order valence-electron chi connectivity index (χ2n) is 7.50. The van der Waals surface area contributed by atoms with Crippen molar-refractivity contribution in [2.24, 2.45) is 0 Å². The maximum Gasteiger partial charge on any atom is 0.263 e. The molecule has 1 aliphatic rings. The van der Waals surface area contributed by atoms with Crippen molar-refractivity contribution in [3.05, 3.63) is 84.2 Å². The second-order valence-corrected chi connectivity index (χ2v) is 9.39. The van der Waals surface area contributed by atoms with Crippen molar-refractivity contribution in [1.82, 2.24) is 14.8 Å². The van der Waals surface area contributed by atoms with E-state index in [9.17, 15) is 23.2 Å². The third-order valence-electron chi connectivity index (χ3n) is 5.54. The van der Waals surface area contributed by atoms with Gasteiger partial charge in [-0.05, 0) is 48.0 Å². The van der Waals surface area contributed by atoms with E-state index < -0.39 is 27.9 Å². The van der Waals surface area contributed by atoms with Crippen LogP contribution in [0.5, 0.6) is 5.75 Å². The molecule has 2 heterocycles. The van der Waals surface area contributed by atoms with Gasteiger partial charge in [-0.3, -0.25) is 19.8 Å². The van der Waals surface area contributed by atoms with Gasteiger partial charge in [0.05, 0.1) is 24.1 Å². The molecule has 1 aromatic heterocycles. The number of fused-ring (bicyclic) bond motifs is 1. The van der Waals surface area contributed by atoms with E-state index in [4.69, 9.17) is 4.74 Å². The number of anilines is 1. The summed E-state index contributed by atoms with van der Waals surface area (Å²) < 4.78 is 33.4. The third-order valence-corrected chi connectivity index (χ3v) is 7.41. The number of carbonyl (C=O) groups excluding carboxylic acids is 2. The predicted molar refractivity (Wildman–Crippen MR) is 122 cm³/mol. The number of aromatic nitrogens is 1. The number of sulfonamides is 1. The van der Waals surface area contributed by atoms with Gasteiger partial charge in [-0.15, -0.1) is 0 Å². The molecule has 0 saturated carbocycles. The summed E-state index contributed by atoms with van der Waals surface area (Å²) in [5.41, 5.74) is 2.79. The molecule has 10 nitrogen and oxygen atoms in total. The molecule has 2 aromatic carbocycles. The number of para-hydroxylation sites is 1. The molecule has 2 amide bonds. The standard InChI is InChI=1S/C23H22N4O6S/c1-33-18-8-10-19(11-9-18)34(31,32)27-14-17-5-2-3-7-20(17)26(15-21(27)22(28)25-30)23(29)16-6-4-12-24-13-16/h2-13,21,30H,14-15H2,1H3,(H,25,28). The van der Waals surface area contributed by atoms with E-state index in [1.54, 1.807) is 41.9 Å². The number of nitrogens with zero attached hydrogens (tertiary/aromatic N) is 3. The van der Waals surface area contributed by atoms with Crippen LogP contribution in [0.2, 0.25) is 0 Å². The Balaban J connectivity index is 1.83. The highest BCUT2D eigenvalue weighted by Crippen LogP contribution is 2.32. The zero-order chi connectivity index (χ0) is 24.3. The summed E-state index contributed by atoms with van der Waals surface area (Å²) in [4.78, 5) is 31.3. The maximum atomic E-state index is 13.6. The van der Waals surface area contributed by atoms with Crippen molar-refractivity contribution < 1.29 is 28.0 Å². The van der Waals surface area contributed by atoms with Gasteiger partial charge in [0.15, 0.2) is 0 Å². The summed E-state index contributed by atoms with van der Waals surface area (Å²) in [7, 11) is -2.75. The highest BCUT2D eigenvalue weighted by molar-refractivity contribution is 7.89. The number of hydrogen-bond donors (Lipinski definition) is 2. The van der Waals surface area contributed by atoms with Gasteiger partial charge in [-0.2, -0.15) is 4.31 Å². The van der Waals surface area contributed by atoms with Crippen LogP contribution >= 0.6 is 0 Å². The fourth-order valence-corrected chi connectivity index (χ4v) is 5.37. The third kappa shape index (κ3) is 4.36. The summed E-state index contributed by atoms with van der Waals surface area (Å²) in [6, 6.07) is 14.3. The van der Waals surface area contributed by atoms with Crippen LogP contribution in [0.3, 0.4) is 0 Å². The fourth-order valence-electron chi connectivity index (χ4n) is 3.81. The first kappa shape index (κ1) is 23.4. The number of carbonyl (C=O) groups is 2. The Morgan fingerprint density at radius 3 is 2.47 bits per heavy atom. The summed E-state index contributed by atoms with van der Waals surface area (Å²) in [5, 5.41) is 9.41. The molecule has 0 saturated heterocycles. The van der Waals surface area contributed by atoms with Gasteiger partial charge in [-0.25, -0.2) is 13.9 Å². The maximum absolute atomic E-state index is 13.6. The van der Waals surface area contributed by atoms with Crippen LogP contribution in [0.15, 0.2) is 78.0 Å². The molecule has 1 aliphatic heterocycles. The minimum Gasteiger partial charge on any atom is -0.497 e. The Morgan fingerprint density at radius 1 is 1.09 bits per heavy atom. The van der Waals surface area contributed by atoms with E-state index in [-0.39, 0.29) is 23.5 Å². The minimum atomic E-state index is -4.22. The molecule has 11 heteroatoms. The van der Waals surface area contributed by atoms with Gasteiger partial charge >= 0.3 is 0 Å². The predicted octanol–water partition coefficient (Wildman–Crippen LogP) is 1.82. The van der Waals surface area contributed by atoms with Crippen LogP contribution in [-0.4, -0.2) is 54.4 Å². The molecule has 1 atom stereocenters. The first-order chi connectivity index (χ1) is 16.4. The van der Waals surface area contributed by atoms with E-state index >= 15 is 0 Å². The average molecular weight is 483 g/mol. The molecule has 0 aliphatic carbocycles. The zero-order valence-corrected chi connectivity index (χ0v) is 19.0. The van der Waals surface area contributed by atoms with Crippen LogP contribution < -0.4 is 15.1 Å². The number of nitrogens with one attached hydrogen (secondary N) is 1. The SMILES string of the molecule is COc1ccc(S(=O)(=O)N2Cc3ccccc3N(C(=O)c3cccnc3)CC2C(=O)NO)cc1. The van der Waals surface area contributed by atoms with Gasteiger partial charge in [0.1, 0.15) is 11.8 Å². The molecule has 34 heavy (non-hydrogen) atoms. The van der Waals surface area contributed by atoms with Crippen LogP contribution in [-0.2, 0) is 21.4 Å². The number of ether oxygens (including phenoxy) is 1. The van der Waals surface area contributed by atoms with Crippen LogP contribution in [0, 0.1) is 0 Å². The average Bonchev–Trinajstić information content (AvgIpc) is 3.06. The number of methoxy groups -OCH3 is 1. The topological polar surface area (TPSA) is 129 Å². The zero-order valence-electron chi connectivity index (χ0n) is 18.2. The molecule has 0 spiro atoms. The van der Waals surface area contributed by atoms with Crippen molar-refractivity contribution in [3.63, 3.8) is 0 Å². The molecule has 2 N–H and O–H groups in total. The number of hydroxylamine groups is 1. The van der Waals surface area contributed by atoms with Gasteiger partial charge < -0.3 is 9.64 Å². The Hall–Kier alpha value is -3.80. The molecule has 1 unspecified atom stereocenters. The molecule has 176 valence electrons. The van der Waals surface area contributed by atoms with Crippen LogP contribution in [0.25, 0.3) is 0 Å². The number of hydrogen-bond acceptors (Lipinski definition) is 7. The van der Waals surface area contributed by atoms with Gasteiger partial charge in [-0.1, -0.05) is 18.2 Å².